The van der Waals surface area contributed by atoms with Crippen LogP contribution < -0.4 is 20.1 Å². The number of benzene rings is 3. The second-order valence-electron chi connectivity index (χ2n) is 10.1. The Kier molecular flexibility index (Phi) is 8.28. The topological polar surface area (TPSA) is 98.3 Å². The van der Waals surface area contributed by atoms with Gasteiger partial charge in [-0.2, -0.15) is 0 Å². The summed E-state index contributed by atoms with van der Waals surface area (Å²) in [5.74, 6) is 1.32. The predicted octanol–water partition coefficient (Wildman–Crippen LogP) is 7.81. The number of nitrogens with one attached hydrogen (secondary N) is 2. The highest BCUT2D eigenvalue weighted by atomic mass is 35.5. The minimum absolute atomic E-state index is 0.279. The fourth-order valence-electron chi connectivity index (χ4n) is 5.07. The second-order valence-corrected chi connectivity index (χ2v) is 11.4. The number of aromatic nitrogens is 3. The van der Waals surface area contributed by atoms with Crippen LogP contribution in [0.1, 0.15) is 32.7 Å². The molecule has 0 aliphatic rings. The van der Waals surface area contributed by atoms with Gasteiger partial charge >= 0.3 is 0 Å². The molecule has 0 bridgehead atoms. The SMILES string of the molecule is COc1ccc(CNc2ncnc3c(C(=O)Nc4c(C)ccc5c(Cc6ccc(Cl)cc6F)nccc45)csc23)c(OC)c1. The molecule has 0 radical (unpaired) electrons. The number of amides is 1. The molecule has 6 aromatic rings. The quantitative estimate of drug-likeness (QED) is 0.169. The van der Waals surface area contributed by atoms with Gasteiger partial charge in [0.05, 0.1) is 41.4 Å². The molecule has 44 heavy (non-hydrogen) atoms. The molecule has 2 N–H and O–H groups in total. The number of hydrogen-bond acceptors (Lipinski definition) is 8. The number of fused-ring (bicyclic) bond motifs is 2. The standard InChI is InChI=1S/C33H27ClFN5O3S/c1-18-4-9-23-24(10-11-36-27(23)12-19-5-7-21(34)13-26(19)35)29(18)40-33(41)25-16-44-31-30(25)38-17-39-32(31)37-15-20-6-8-22(42-2)14-28(20)43-3/h4-11,13-14,16-17H,12,15H2,1-3H3,(H,40,41)(H,37,38,39). The molecule has 0 aliphatic heterocycles. The summed E-state index contributed by atoms with van der Waals surface area (Å²) in [6, 6.07) is 15.9. The monoisotopic (exact) mass is 627 g/mol. The summed E-state index contributed by atoms with van der Waals surface area (Å²) >= 11 is 7.33. The Morgan fingerprint density at radius 1 is 0.977 bits per heavy atom. The number of pyridine rings is 1. The lowest BCUT2D eigenvalue weighted by atomic mass is 10.00. The van der Waals surface area contributed by atoms with Crippen molar-refractivity contribution in [3.8, 4) is 11.5 Å². The molecule has 0 saturated heterocycles. The number of carbonyl (C=O) groups excluding carboxylic acids is 1. The number of anilines is 2. The molecular weight excluding hydrogens is 601 g/mol. The summed E-state index contributed by atoms with van der Waals surface area (Å²) in [6.07, 6.45) is 3.39. The number of hydrogen-bond donors (Lipinski definition) is 2. The van der Waals surface area contributed by atoms with Crippen molar-refractivity contribution in [3.05, 3.63) is 111 Å². The van der Waals surface area contributed by atoms with Gasteiger partial charge in [-0.05, 0) is 48.4 Å². The Labute approximate surface area is 261 Å². The molecule has 11 heteroatoms. The molecule has 0 aliphatic carbocycles. The highest BCUT2D eigenvalue weighted by Crippen LogP contribution is 2.34. The van der Waals surface area contributed by atoms with E-state index in [0.717, 1.165) is 26.6 Å². The maximum Gasteiger partial charge on any atom is 0.258 e. The lowest BCUT2D eigenvalue weighted by molar-refractivity contribution is 0.102. The normalized spacial score (nSPS) is 11.1. The zero-order chi connectivity index (χ0) is 30.8. The first kappa shape index (κ1) is 29.3. The molecule has 3 aromatic carbocycles. The molecule has 6 rings (SSSR count). The van der Waals surface area contributed by atoms with Crippen LogP contribution in [0.15, 0.2) is 72.5 Å². The minimum atomic E-state index is -0.389. The van der Waals surface area contributed by atoms with E-state index < -0.39 is 0 Å². The molecule has 222 valence electrons. The Hall–Kier alpha value is -4.80. The van der Waals surface area contributed by atoms with Crippen molar-refractivity contribution in [1.82, 2.24) is 15.0 Å². The third-order valence-corrected chi connectivity index (χ3v) is 8.60. The summed E-state index contributed by atoms with van der Waals surface area (Å²) in [5, 5.41) is 10.2. The van der Waals surface area contributed by atoms with Gasteiger partial charge in [-0.25, -0.2) is 14.4 Å². The van der Waals surface area contributed by atoms with Gasteiger partial charge in [0.1, 0.15) is 29.5 Å². The molecule has 3 heterocycles. The van der Waals surface area contributed by atoms with Gasteiger partial charge in [0.2, 0.25) is 0 Å². The highest BCUT2D eigenvalue weighted by Gasteiger charge is 2.19. The van der Waals surface area contributed by atoms with Crippen LogP contribution in [0.2, 0.25) is 5.02 Å². The van der Waals surface area contributed by atoms with Gasteiger partial charge in [0.15, 0.2) is 0 Å². The van der Waals surface area contributed by atoms with Crippen molar-refractivity contribution in [2.75, 3.05) is 24.9 Å². The fourth-order valence-corrected chi connectivity index (χ4v) is 6.20. The first-order chi connectivity index (χ1) is 21.4. The van der Waals surface area contributed by atoms with E-state index in [9.17, 15) is 9.18 Å². The van der Waals surface area contributed by atoms with Crippen LogP contribution in [-0.2, 0) is 13.0 Å². The summed E-state index contributed by atoms with van der Waals surface area (Å²) in [7, 11) is 3.22. The Bertz CT molecular complexity index is 2030. The largest absolute Gasteiger partial charge is 0.497 e. The van der Waals surface area contributed by atoms with Crippen LogP contribution in [0.25, 0.3) is 21.0 Å². The zero-order valence-electron chi connectivity index (χ0n) is 24.1. The van der Waals surface area contributed by atoms with Crippen molar-refractivity contribution in [1.29, 1.82) is 0 Å². The Balaban J connectivity index is 1.27. The fraction of sp³-hybridized carbons (Fsp3) is 0.152. The molecule has 1 amide bonds. The van der Waals surface area contributed by atoms with Gasteiger partial charge in [-0.15, -0.1) is 11.3 Å². The summed E-state index contributed by atoms with van der Waals surface area (Å²) in [4.78, 5) is 27.1. The number of nitrogens with zero attached hydrogens (tertiary/aromatic N) is 3. The zero-order valence-corrected chi connectivity index (χ0v) is 25.6. The first-order valence-corrected chi connectivity index (χ1v) is 14.9. The van der Waals surface area contributed by atoms with Crippen LogP contribution in [0.4, 0.5) is 15.9 Å². The van der Waals surface area contributed by atoms with E-state index in [1.54, 1.807) is 37.9 Å². The van der Waals surface area contributed by atoms with Crippen LogP contribution in [-0.4, -0.2) is 35.1 Å². The van der Waals surface area contributed by atoms with Gasteiger partial charge in [0.25, 0.3) is 5.91 Å². The van der Waals surface area contributed by atoms with E-state index in [-0.39, 0.29) is 18.1 Å². The van der Waals surface area contributed by atoms with Crippen molar-refractivity contribution in [3.63, 3.8) is 0 Å². The molecule has 0 saturated carbocycles. The molecule has 0 fully saturated rings. The number of thiophene rings is 1. The number of halogens is 2. The van der Waals surface area contributed by atoms with Gasteiger partial charge in [0, 0.05) is 52.0 Å². The van der Waals surface area contributed by atoms with E-state index in [1.165, 1.54) is 23.7 Å². The van der Waals surface area contributed by atoms with Gasteiger partial charge < -0.3 is 20.1 Å². The number of aryl methyl sites for hydroxylation is 1. The number of ether oxygens (including phenoxy) is 2. The molecule has 0 atom stereocenters. The minimum Gasteiger partial charge on any atom is -0.497 e. The maximum absolute atomic E-state index is 14.6. The third kappa shape index (κ3) is 5.73. The predicted molar refractivity (Wildman–Crippen MR) is 173 cm³/mol. The van der Waals surface area contributed by atoms with Crippen molar-refractivity contribution < 1.29 is 18.7 Å². The van der Waals surface area contributed by atoms with Crippen LogP contribution in [0, 0.1) is 12.7 Å². The van der Waals surface area contributed by atoms with Crippen molar-refractivity contribution >= 4 is 61.3 Å². The molecule has 8 nitrogen and oxygen atoms in total. The average molecular weight is 628 g/mol. The van der Waals surface area contributed by atoms with E-state index in [1.807, 2.05) is 43.3 Å². The Morgan fingerprint density at radius 3 is 2.61 bits per heavy atom. The highest BCUT2D eigenvalue weighted by molar-refractivity contribution is 7.18. The molecule has 0 unspecified atom stereocenters. The summed E-state index contributed by atoms with van der Waals surface area (Å²) < 4.78 is 26.1. The van der Waals surface area contributed by atoms with Crippen molar-refractivity contribution in [2.45, 2.75) is 19.9 Å². The number of rotatable bonds is 9. The van der Waals surface area contributed by atoms with E-state index >= 15 is 0 Å². The van der Waals surface area contributed by atoms with Gasteiger partial charge in [-0.3, -0.25) is 9.78 Å². The lowest BCUT2D eigenvalue weighted by Gasteiger charge is -2.14. The van der Waals surface area contributed by atoms with Crippen LogP contribution >= 0.6 is 22.9 Å². The van der Waals surface area contributed by atoms with E-state index in [0.29, 0.717) is 56.9 Å². The smallest absolute Gasteiger partial charge is 0.258 e. The number of methoxy groups -OCH3 is 2. The maximum atomic E-state index is 14.6. The van der Waals surface area contributed by atoms with Crippen molar-refractivity contribution in [2.24, 2.45) is 0 Å². The van der Waals surface area contributed by atoms with E-state index in [4.69, 9.17) is 21.1 Å². The van der Waals surface area contributed by atoms with Crippen LogP contribution in [0.3, 0.4) is 0 Å². The lowest BCUT2D eigenvalue weighted by Crippen LogP contribution is -2.13. The first-order valence-electron chi connectivity index (χ1n) is 13.7. The second kappa shape index (κ2) is 12.4. The summed E-state index contributed by atoms with van der Waals surface area (Å²) in [6.45, 7) is 2.38. The van der Waals surface area contributed by atoms with Gasteiger partial charge in [-0.1, -0.05) is 29.8 Å². The summed E-state index contributed by atoms with van der Waals surface area (Å²) in [5.41, 5.74) is 4.62. The van der Waals surface area contributed by atoms with Crippen LogP contribution in [0.5, 0.6) is 11.5 Å². The molecule has 3 aromatic heterocycles. The third-order valence-electron chi connectivity index (χ3n) is 7.39. The number of carbonyl (C=O) groups is 1. The average Bonchev–Trinajstić information content (AvgIpc) is 3.48. The van der Waals surface area contributed by atoms with E-state index in [2.05, 4.69) is 25.6 Å². The Morgan fingerprint density at radius 2 is 1.82 bits per heavy atom. The molecule has 0 spiro atoms. The molecular formula is C33H27ClFN5O3S.